The predicted molar refractivity (Wildman–Crippen MR) is 121 cm³/mol. The molecule has 1 fully saturated rings. The number of aromatic nitrogens is 2. The van der Waals surface area contributed by atoms with E-state index < -0.39 is 0 Å². The Kier molecular flexibility index (Phi) is 8.34. The van der Waals surface area contributed by atoms with Crippen LogP contribution in [0.1, 0.15) is 38.8 Å². The second-order valence-electron chi connectivity index (χ2n) is 7.14. The molecule has 0 radical (unpaired) electrons. The van der Waals surface area contributed by atoms with Crippen LogP contribution in [-0.2, 0) is 11.2 Å². The molecule has 1 aromatic carbocycles. The van der Waals surface area contributed by atoms with Crippen LogP contribution in [0, 0.1) is 0 Å². The second kappa shape index (κ2) is 10.5. The van der Waals surface area contributed by atoms with E-state index in [1.165, 1.54) is 0 Å². The molecule has 0 saturated carbocycles. The van der Waals surface area contributed by atoms with E-state index in [4.69, 9.17) is 22.3 Å². The molecule has 29 heavy (non-hydrogen) atoms. The minimum absolute atomic E-state index is 0. The maximum atomic E-state index is 11.3. The van der Waals surface area contributed by atoms with E-state index in [0.717, 1.165) is 56.0 Å². The van der Waals surface area contributed by atoms with Gasteiger partial charge in [0.25, 0.3) is 0 Å². The Labute approximate surface area is 182 Å². The van der Waals surface area contributed by atoms with E-state index in [0.29, 0.717) is 16.7 Å². The highest BCUT2D eigenvalue weighted by Crippen LogP contribution is 2.26. The number of nitrogens with one attached hydrogen (secondary N) is 2. The number of halogens is 2. The van der Waals surface area contributed by atoms with Crippen molar-refractivity contribution in [1.82, 2.24) is 15.3 Å². The summed E-state index contributed by atoms with van der Waals surface area (Å²) in [5.74, 6) is 1.41. The van der Waals surface area contributed by atoms with Crippen LogP contribution in [-0.4, -0.2) is 35.0 Å². The van der Waals surface area contributed by atoms with Gasteiger partial charge in [-0.2, -0.15) is 4.98 Å². The third kappa shape index (κ3) is 6.37. The van der Waals surface area contributed by atoms with Crippen LogP contribution in [0.5, 0.6) is 0 Å². The van der Waals surface area contributed by atoms with Crippen molar-refractivity contribution in [3.8, 4) is 0 Å². The minimum atomic E-state index is 0. The van der Waals surface area contributed by atoms with Crippen LogP contribution in [0.25, 0.3) is 0 Å². The molecule has 1 saturated heterocycles. The summed E-state index contributed by atoms with van der Waals surface area (Å²) in [5.41, 5.74) is 8.19. The van der Waals surface area contributed by atoms with Gasteiger partial charge in [-0.15, -0.1) is 12.4 Å². The molecule has 9 heteroatoms. The monoisotopic (exact) mass is 438 g/mol. The Morgan fingerprint density at radius 2 is 2.14 bits per heavy atom. The number of amides is 1. The van der Waals surface area contributed by atoms with Crippen LogP contribution in [0.15, 0.2) is 24.3 Å². The minimum Gasteiger partial charge on any atom is -0.397 e. The Morgan fingerprint density at radius 1 is 1.34 bits per heavy atom. The lowest BCUT2D eigenvalue weighted by Gasteiger charge is -2.19. The molecule has 1 atom stereocenters. The lowest BCUT2D eigenvalue weighted by molar-refractivity contribution is -0.119. The highest BCUT2D eigenvalue weighted by atomic mass is 35.5. The lowest BCUT2D eigenvalue weighted by atomic mass is 10.2. The summed E-state index contributed by atoms with van der Waals surface area (Å²) >= 11 is 6.01. The van der Waals surface area contributed by atoms with Crippen molar-refractivity contribution in [2.75, 3.05) is 29.0 Å². The van der Waals surface area contributed by atoms with Crippen molar-refractivity contribution < 1.29 is 4.79 Å². The molecule has 2 aromatic rings. The number of anilines is 4. The summed E-state index contributed by atoms with van der Waals surface area (Å²) in [6.07, 6.45) is 3.97. The van der Waals surface area contributed by atoms with Crippen molar-refractivity contribution in [1.29, 1.82) is 0 Å². The summed E-state index contributed by atoms with van der Waals surface area (Å²) < 4.78 is 0. The summed E-state index contributed by atoms with van der Waals surface area (Å²) in [7, 11) is 0. The fraction of sp³-hybridized carbons (Fsp3) is 0.450. The van der Waals surface area contributed by atoms with E-state index in [9.17, 15) is 4.79 Å². The molecule has 2 heterocycles. The number of nitrogens with zero attached hydrogens (tertiary/aromatic N) is 3. The normalized spacial score (nSPS) is 15.7. The van der Waals surface area contributed by atoms with Gasteiger partial charge in [0.2, 0.25) is 11.9 Å². The summed E-state index contributed by atoms with van der Waals surface area (Å²) in [6, 6.07) is 7.57. The number of nitrogens with two attached hydrogens (primary N) is 1. The molecule has 0 aliphatic carbocycles. The summed E-state index contributed by atoms with van der Waals surface area (Å²) in [4.78, 5) is 22.9. The van der Waals surface area contributed by atoms with Crippen LogP contribution in [0.2, 0.25) is 5.02 Å². The van der Waals surface area contributed by atoms with Gasteiger partial charge in [0.05, 0.1) is 10.7 Å². The highest BCUT2D eigenvalue weighted by molar-refractivity contribution is 6.33. The first kappa shape index (κ1) is 23.0. The number of carbonyl (C=O) groups excluding carboxylic acids is 1. The Hall–Kier alpha value is -2.25. The van der Waals surface area contributed by atoms with Gasteiger partial charge in [-0.3, -0.25) is 4.79 Å². The molecule has 0 bridgehead atoms. The predicted octanol–water partition coefficient (Wildman–Crippen LogP) is 3.94. The molecular formula is C20H28Cl2N6O. The highest BCUT2D eigenvalue weighted by Gasteiger charge is 2.24. The van der Waals surface area contributed by atoms with Crippen LogP contribution in [0.4, 0.5) is 23.1 Å². The molecule has 0 spiro atoms. The number of rotatable bonds is 7. The third-order valence-electron chi connectivity index (χ3n) is 4.72. The second-order valence-corrected chi connectivity index (χ2v) is 7.55. The van der Waals surface area contributed by atoms with Crippen molar-refractivity contribution >= 4 is 53.1 Å². The van der Waals surface area contributed by atoms with E-state index in [1.54, 1.807) is 19.1 Å². The Morgan fingerprint density at radius 3 is 2.83 bits per heavy atom. The van der Waals surface area contributed by atoms with Gasteiger partial charge in [0.1, 0.15) is 5.82 Å². The molecule has 1 aliphatic heterocycles. The zero-order valence-electron chi connectivity index (χ0n) is 16.7. The number of unbranched alkanes of at least 4 members (excludes halogenated alkanes) is 1. The Bertz CT molecular complexity index is 848. The largest absolute Gasteiger partial charge is 0.397 e. The number of hydrogen-bond acceptors (Lipinski definition) is 6. The van der Waals surface area contributed by atoms with Crippen LogP contribution in [0.3, 0.4) is 0 Å². The zero-order valence-corrected chi connectivity index (χ0v) is 18.3. The SMILES string of the molecule is CCCCc1cc(N2CC[C@H](NC(C)=O)C2)nc(Nc2ccc(Cl)c(N)c2)n1.Cl. The van der Waals surface area contributed by atoms with E-state index in [-0.39, 0.29) is 24.4 Å². The summed E-state index contributed by atoms with van der Waals surface area (Å²) in [5, 5.41) is 6.75. The standard InChI is InChI=1S/C20H27ClN6O.ClH/c1-3-4-5-14-11-19(27-9-8-16(12-27)23-13(2)28)26-20(24-14)25-15-6-7-17(21)18(22)10-15;/h6-7,10-11,16H,3-5,8-9,12,22H2,1-2H3,(H,23,28)(H,24,25,26);1H/t16-;/m0./s1. The van der Waals surface area contributed by atoms with Crippen molar-refractivity contribution in [2.24, 2.45) is 0 Å². The molecule has 0 unspecified atom stereocenters. The lowest BCUT2D eigenvalue weighted by Crippen LogP contribution is -2.35. The van der Waals surface area contributed by atoms with Crippen LogP contribution >= 0.6 is 24.0 Å². The molecule has 7 nitrogen and oxygen atoms in total. The molecule has 158 valence electrons. The maximum Gasteiger partial charge on any atom is 0.229 e. The number of benzene rings is 1. The molecule has 4 N–H and O–H groups in total. The molecule has 1 aromatic heterocycles. The van der Waals surface area contributed by atoms with Gasteiger partial charge < -0.3 is 21.3 Å². The van der Waals surface area contributed by atoms with Gasteiger partial charge in [-0.1, -0.05) is 24.9 Å². The third-order valence-corrected chi connectivity index (χ3v) is 5.07. The van der Waals surface area contributed by atoms with E-state index in [2.05, 4.69) is 27.4 Å². The molecule has 3 rings (SSSR count). The van der Waals surface area contributed by atoms with E-state index in [1.807, 2.05) is 12.1 Å². The average Bonchev–Trinajstić information content (AvgIpc) is 3.11. The quantitative estimate of drug-likeness (QED) is 0.566. The molecule has 1 amide bonds. The average molecular weight is 439 g/mol. The number of aryl methyl sites for hydroxylation is 1. The smallest absolute Gasteiger partial charge is 0.229 e. The van der Waals surface area contributed by atoms with Crippen LogP contribution < -0.4 is 21.3 Å². The van der Waals surface area contributed by atoms with Crippen molar-refractivity contribution in [2.45, 2.75) is 45.6 Å². The first-order chi connectivity index (χ1) is 13.4. The number of nitrogen functional groups attached to an aromatic ring is 1. The molecular weight excluding hydrogens is 411 g/mol. The zero-order chi connectivity index (χ0) is 20.1. The topological polar surface area (TPSA) is 96.2 Å². The number of hydrogen-bond donors (Lipinski definition) is 3. The fourth-order valence-electron chi connectivity index (χ4n) is 3.31. The van der Waals surface area contributed by atoms with Gasteiger partial charge in [-0.05, 0) is 37.5 Å². The first-order valence-electron chi connectivity index (χ1n) is 9.66. The van der Waals surface area contributed by atoms with E-state index >= 15 is 0 Å². The first-order valence-corrected chi connectivity index (χ1v) is 10.0. The maximum absolute atomic E-state index is 11.3. The van der Waals surface area contributed by atoms with Crippen molar-refractivity contribution in [3.05, 3.63) is 35.0 Å². The summed E-state index contributed by atoms with van der Waals surface area (Å²) in [6.45, 7) is 5.31. The van der Waals surface area contributed by atoms with Gasteiger partial charge in [-0.25, -0.2) is 4.98 Å². The van der Waals surface area contributed by atoms with Gasteiger partial charge in [0.15, 0.2) is 0 Å². The Balaban J connectivity index is 0.00000300. The van der Waals surface area contributed by atoms with Crippen molar-refractivity contribution in [3.63, 3.8) is 0 Å². The number of carbonyl (C=O) groups is 1. The van der Waals surface area contributed by atoms with Gasteiger partial charge >= 0.3 is 0 Å². The van der Waals surface area contributed by atoms with Gasteiger partial charge in [0, 0.05) is 43.5 Å². The molecule has 1 aliphatic rings. The fourth-order valence-corrected chi connectivity index (χ4v) is 3.43.